The smallest absolute Gasteiger partial charge is 0.243 e. The van der Waals surface area contributed by atoms with E-state index < -0.39 is 15.9 Å². The van der Waals surface area contributed by atoms with E-state index in [0.717, 1.165) is 11.1 Å². The number of hydrogen-bond donors (Lipinski definition) is 1. The molecule has 0 radical (unpaired) electrons. The van der Waals surface area contributed by atoms with Crippen LogP contribution in [0.25, 0.3) is 0 Å². The Hall–Kier alpha value is -2.09. The summed E-state index contributed by atoms with van der Waals surface area (Å²) in [5.74, 6) is -0.110. The number of benzene rings is 2. The summed E-state index contributed by atoms with van der Waals surface area (Å²) >= 11 is 6.13. The van der Waals surface area contributed by atoms with Gasteiger partial charge in [0.1, 0.15) is 5.75 Å². The Bertz CT molecular complexity index is 1120. The van der Waals surface area contributed by atoms with E-state index in [0.29, 0.717) is 25.1 Å². The van der Waals surface area contributed by atoms with Crippen LogP contribution in [0, 0.1) is 26.7 Å². The molecule has 6 nitrogen and oxygen atoms in total. The number of methoxy groups -OCH3 is 1. The number of aryl methyl sites for hydroxylation is 3. The van der Waals surface area contributed by atoms with E-state index in [2.05, 4.69) is 31.3 Å². The van der Waals surface area contributed by atoms with Gasteiger partial charge in [0.05, 0.1) is 29.0 Å². The molecule has 2 atom stereocenters. The maximum absolute atomic E-state index is 13.2. The second-order valence-electron chi connectivity index (χ2n) is 8.52. The van der Waals surface area contributed by atoms with E-state index in [9.17, 15) is 13.2 Å². The zero-order chi connectivity index (χ0) is 23.6. The molecule has 174 valence electrons. The quantitative estimate of drug-likeness (QED) is 0.660. The fourth-order valence-corrected chi connectivity index (χ4v) is 6.06. The number of amides is 1. The Kier molecular flexibility index (Phi) is 7.53. The molecule has 0 spiro atoms. The van der Waals surface area contributed by atoms with E-state index in [4.69, 9.17) is 16.3 Å². The minimum Gasteiger partial charge on any atom is -0.495 e. The summed E-state index contributed by atoms with van der Waals surface area (Å²) in [5, 5.41) is 3.33. The molecule has 32 heavy (non-hydrogen) atoms. The number of carbonyl (C=O) groups excluding carboxylic acids is 1. The molecule has 1 aliphatic rings. The maximum Gasteiger partial charge on any atom is 0.243 e. The lowest BCUT2D eigenvalue weighted by molar-refractivity contribution is -0.126. The van der Waals surface area contributed by atoms with Crippen molar-refractivity contribution in [3.63, 3.8) is 0 Å². The molecule has 0 aromatic heterocycles. The third-order valence-electron chi connectivity index (χ3n) is 6.22. The van der Waals surface area contributed by atoms with Crippen molar-refractivity contribution < 1.29 is 17.9 Å². The number of halogens is 1. The molecule has 1 saturated heterocycles. The van der Waals surface area contributed by atoms with Gasteiger partial charge in [-0.05, 0) is 81.0 Å². The van der Waals surface area contributed by atoms with Crippen molar-refractivity contribution in [2.24, 2.45) is 5.92 Å². The van der Waals surface area contributed by atoms with Crippen LogP contribution in [0.2, 0.25) is 5.02 Å². The molecule has 0 aliphatic carbocycles. The van der Waals surface area contributed by atoms with Gasteiger partial charge in [-0.2, -0.15) is 4.31 Å². The molecule has 3 rings (SSSR count). The molecule has 1 fully saturated rings. The topological polar surface area (TPSA) is 75.7 Å². The van der Waals surface area contributed by atoms with Gasteiger partial charge in [0, 0.05) is 13.1 Å². The van der Waals surface area contributed by atoms with Crippen molar-refractivity contribution in [1.29, 1.82) is 0 Å². The van der Waals surface area contributed by atoms with Gasteiger partial charge in [-0.3, -0.25) is 4.79 Å². The zero-order valence-corrected chi connectivity index (χ0v) is 20.8. The molecule has 1 amide bonds. The third kappa shape index (κ3) is 5.11. The number of ether oxygens (including phenoxy) is 1. The van der Waals surface area contributed by atoms with Gasteiger partial charge < -0.3 is 10.1 Å². The first-order valence-electron chi connectivity index (χ1n) is 10.8. The van der Waals surface area contributed by atoms with Crippen molar-refractivity contribution >= 4 is 27.5 Å². The molecule has 2 aromatic carbocycles. The van der Waals surface area contributed by atoms with Crippen molar-refractivity contribution in [1.82, 2.24) is 9.62 Å². The summed E-state index contributed by atoms with van der Waals surface area (Å²) < 4.78 is 32.8. The predicted octanol–water partition coefficient (Wildman–Crippen LogP) is 4.55. The number of sulfonamides is 1. The molecular formula is C24H31ClN2O4S. The highest BCUT2D eigenvalue weighted by molar-refractivity contribution is 7.89. The molecule has 1 N–H and O–H groups in total. The van der Waals surface area contributed by atoms with Crippen LogP contribution in [0.15, 0.2) is 35.2 Å². The monoisotopic (exact) mass is 478 g/mol. The molecule has 1 heterocycles. The van der Waals surface area contributed by atoms with Crippen LogP contribution in [0.5, 0.6) is 5.75 Å². The summed E-state index contributed by atoms with van der Waals surface area (Å²) in [6.07, 6.45) is 1.28. The van der Waals surface area contributed by atoms with E-state index >= 15 is 0 Å². The molecule has 2 aromatic rings. The molecular weight excluding hydrogens is 448 g/mol. The summed E-state index contributed by atoms with van der Waals surface area (Å²) in [6, 6.07) is 8.49. The van der Waals surface area contributed by atoms with Crippen molar-refractivity contribution in [2.45, 2.75) is 51.5 Å². The van der Waals surface area contributed by atoms with E-state index in [1.165, 1.54) is 40.7 Å². The molecule has 8 heteroatoms. The molecule has 0 unspecified atom stereocenters. The standard InChI is InChI=1S/C24H31ClN2O4S/c1-15-11-17(3)21(12-16(15)2)18(4)26-24(28)19-7-6-10-27(14-19)32(29,30)20-8-9-23(31-5)22(25)13-20/h8-9,11-13,18-19H,6-7,10,14H2,1-5H3,(H,26,28)/t18-,19-/m0/s1. The van der Waals surface area contributed by atoms with E-state index in [1.54, 1.807) is 0 Å². The summed E-state index contributed by atoms with van der Waals surface area (Å²) in [6.45, 7) is 8.66. The van der Waals surface area contributed by atoms with Crippen LogP contribution in [0.3, 0.4) is 0 Å². The fraction of sp³-hybridized carbons (Fsp3) is 0.458. The fourth-order valence-electron chi connectivity index (χ4n) is 4.19. The number of nitrogens with zero attached hydrogens (tertiary/aromatic N) is 1. The Morgan fingerprint density at radius 3 is 2.50 bits per heavy atom. The molecule has 0 bridgehead atoms. The Labute approximate surface area is 196 Å². The van der Waals surface area contributed by atoms with Gasteiger partial charge in [-0.15, -0.1) is 0 Å². The SMILES string of the molecule is COc1ccc(S(=O)(=O)N2CCC[C@H](C(=O)N[C@@H](C)c3cc(C)c(C)cc3C)C2)cc1Cl. The largest absolute Gasteiger partial charge is 0.495 e. The first-order chi connectivity index (χ1) is 15.0. The van der Waals surface area contributed by atoms with Gasteiger partial charge in [0.2, 0.25) is 15.9 Å². The summed E-state index contributed by atoms with van der Waals surface area (Å²) in [4.78, 5) is 13.1. The van der Waals surface area contributed by atoms with Crippen LogP contribution < -0.4 is 10.1 Å². The first kappa shape index (κ1) is 24.6. The van der Waals surface area contributed by atoms with Crippen LogP contribution >= 0.6 is 11.6 Å². The van der Waals surface area contributed by atoms with Gasteiger partial charge in [0.15, 0.2) is 0 Å². The number of nitrogens with one attached hydrogen (secondary N) is 1. The average Bonchev–Trinajstić information content (AvgIpc) is 2.76. The summed E-state index contributed by atoms with van der Waals surface area (Å²) in [5.41, 5.74) is 4.61. The van der Waals surface area contributed by atoms with Crippen LogP contribution in [0.4, 0.5) is 0 Å². The van der Waals surface area contributed by atoms with Crippen molar-refractivity contribution in [3.05, 3.63) is 57.6 Å². The summed E-state index contributed by atoms with van der Waals surface area (Å²) in [7, 11) is -2.28. The van der Waals surface area contributed by atoms with E-state index in [-0.39, 0.29) is 28.4 Å². The third-order valence-corrected chi connectivity index (χ3v) is 8.38. The minimum absolute atomic E-state index is 0.100. The molecule has 1 aliphatic heterocycles. The zero-order valence-electron chi connectivity index (χ0n) is 19.2. The van der Waals surface area contributed by atoms with Gasteiger partial charge in [0.25, 0.3) is 0 Å². The Morgan fingerprint density at radius 2 is 1.84 bits per heavy atom. The number of hydrogen-bond acceptors (Lipinski definition) is 4. The lowest BCUT2D eigenvalue weighted by Gasteiger charge is -2.32. The lowest BCUT2D eigenvalue weighted by atomic mass is 9.95. The van der Waals surface area contributed by atoms with Crippen LogP contribution in [0.1, 0.15) is 48.1 Å². The first-order valence-corrected chi connectivity index (χ1v) is 12.6. The van der Waals surface area contributed by atoms with Gasteiger partial charge in [-0.25, -0.2) is 8.42 Å². The van der Waals surface area contributed by atoms with Crippen molar-refractivity contribution in [2.75, 3.05) is 20.2 Å². The van der Waals surface area contributed by atoms with Gasteiger partial charge >= 0.3 is 0 Å². The Morgan fingerprint density at radius 1 is 1.16 bits per heavy atom. The highest BCUT2D eigenvalue weighted by Gasteiger charge is 2.34. The molecule has 0 saturated carbocycles. The average molecular weight is 479 g/mol. The minimum atomic E-state index is -3.76. The van der Waals surface area contributed by atoms with E-state index in [1.807, 2.05) is 13.8 Å². The number of carbonyl (C=O) groups is 1. The highest BCUT2D eigenvalue weighted by atomic mass is 35.5. The lowest BCUT2D eigenvalue weighted by Crippen LogP contribution is -2.45. The van der Waals surface area contributed by atoms with Crippen molar-refractivity contribution in [3.8, 4) is 5.75 Å². The Balaban J connectivity index is 1.73. The van der Waals surface area contributed by atoms with Crippen LogP contribution in [-0.4, -0.2) is 38.8 Å². The highest BCUT2D eigenvalue weighted by Crippen LogP contribution is 2.30. The predicted molar refractivity (Wildman–Crippen MR) is 127 cm³/mol. The van der Waals surface area contributed by atoms with Gasteiger partial charge in [-0.1, -0.05) is 23.7 Å². The normalized spacial score (nSPS) is 18.2. The second kappa shape index (κ2) is 9.81. The number of rotatable bonds is 6. The maximum atomic E-state index is 13.2. The van der Waals surface area contributed by atoms with Crippen LogP contribution in [-0.2, 0) is 14.8 Å². The number of piperidine rings is 1. The second-order valence-corrected chi connectivity index (χ2v) is 10.9.